The highest BCUT2D eigenvalue weighted by atomic mass is 19.1. The Morgan fingerprint density at radius 3 is 2.81 bits per heavy atom. The predicted octanol–water partition coefficient (Wildman–Crippen LogP) is 2.06. The fraction of sp³-hybridized carbons (Fsp3) is 0.417. The average Bonchev–Trinajstić information content (AvgIpc) is 2.23. The lowest BCUT2D eigenvalue weighted by molar-refractivity contribution is -0.116. The molecule has 1 aromatic carbocycles. The third kappa shape index (κ3) is 3.31. The number of halogens is 1. The number of carbonyl (C=O) groups excluding carboxylic acids is 1. The number of carbonyl (C=O) groups is 1. The van der Waals surface area contributed by atoms with E-state index in [0.29, 0.717) is 18.5 Å². The Morgan fingerprint density at radius 1 is 1.56 bits per heavy atom. The summed E-state index contributed by atoms with van der Waals surface area (Å²) in [6, 6.07) is 4.70. The van der Waals surface area contributed by atoms with Crippen molar-refractivity contribution in [2.45, 2.75) is 20.3 Å². The van der Waals surface area contributed by atoms with Crippen LogP contribution in [0, 0.1) is 18.7 Å². The van der Waals surface area contributed by atoms with Crippen LogP contribution in [0.25, 0.3) is 0 Å². The van der Waals surface area contributed by atoms with Gasteiger partial charge in [0.2, 0.25) is 5.91 Å². The van der Waals surface area contributed by atoms with Gasteiger partial charge in [-0.3, -0.25) is 4.79 Å². The van der Waals surface area contributed by atoms with E-state index in [1.165, 1.54) is 6.07 Å². The smallest absolute Gasteiger partial charge is 0.224 e. The van der Waals surface area contributed by atoms with Gasteiger partial charge >= 0.3 is 0 Å². The van der Waals surface area contributed by atoms with Crippen LogP contribution < -0.4 is 11.1 Å². The Hall–Kier alpha value is -1.42. The number of hydrogen-bond donors (Lipinski definition) is 2. The van der Waals surface area contributed by atoms with Gasteiger partial charge in [-0.05, 0) is 31.0 Å². The van der Waals surface area contributed by atoms with Crippen molar-refractivity contribution >= 4 is 11.6 Å². The van der Waals surface area contributed by atoms with E-state index in [4.69, 9.17) is 5.73 Å². The first kappa shape index (κ1) is 12.6. The Labute approximate surface area is 94.8 Å². The first-order valence-corrected chi connectivity index (χ1v) is 5.29. The number of amides is 1. The van der Waals surface area contributed by atoms with Crippen molar-refractivity contribution in [3.8, 4) is 0 Å². The minimum atomic E-state index is -0.409. The lowest BCUT2D eigenvalue weighted by atomic mass is 10.1. The summed E-state index contributed by atoms with van der Waals surface area (Å²) in [5, 5.41) is 2.57. The molecule has 1 rings (SSSR count). The summed E-state index contributed by atoms with van der Waals surface area (Å²) in [6.07, 6.45) is 0.310. The first-order valence-electron chi connectivity index (χ1n) is 5.29. The van der Waals surface area contributed by atoms with Gasteiger partial charge in [-0.15, -0.1) is 0 Å². The molecule has 1 amide bonds. The van der Waals surface area contributed by atoms with E-state index in [0.717, 1.165) is 0 Å². The van der Waals surface area contributed by atoms with Gasteiger partial charge in [-0.1, -0.05) is 19.1 Å². The van der Waals surface area contributed by atoms with Crippen LogP contribution in [0.5, 0.6) is 0 Å². The second-order valence-electron chi connectivity index (χ2n) is 4.02. The molecule has 0 aromatic heterocycles. The second kappa shape index (κ2) is 5.61. The lowest BCUT2D eigenvalue weighted by Crippen LogP contribution is -2.20. The summed E-state index contributed by atoms with van der Waals surface area (Å²) in [6.45, 7) is 4.09. The summed E-state index contributed by atoms with van der Waals surface area (Å²) in [4.78, 5) is 11.6. The van der Waals surface area contributed by atoms with E-state index in [-0.39, 0.29) is 17.5 Å². The Bertz CT molecular complexity index is 359. The van der Waals surface area contributed by atoms with E-state index in [1.54, 1.807) is 19.1 Å². The number of nitrogens with one attached hydrogen (secondary N) is 1. The van der Waals surface area contributed by atoms with Crippen LogP contribution in [0.3, 0.4) is 0 Å². The molecular formula is C12H17FN2O. The number of anilines is 1. The van der Waals surface area contributed by atoms with Gasteiger partial charge < -0.3 is 11.1 Å². The first-order chi connectivity index (χ1) is 7.54. The van der Waals surface area contributed by atoms with Crippen molar-refractivity contribution in [1.29, 1.82) is 0 Å². The molecule has 3 N–H and O–H groups in total. The monoisotopic (exact) mass is 224 g/mol. The third-order valence-corrected chi connectivity index (χ3v) is 2.42. The van der Waals surface area contributed by atoms with Crippen molar-refractivity contribution in [3.05, 3.63) is 29.6 Å². The predicted molar refractivity (Wildman–Crippen MR) is 62.6 cm³/mol. The van der Waals surface area contributed by atoms with Gasteiger partial charge in [-0.2, -0.15) is 0 Å². The highest BCUT2D eigenvalue weighted by molar-refractivity contribution is 5.91. The highest BCUT2D eigenvalue weighted by Gasteiger charge is 2.11. The Kier molecular flexibility index (Phi) is 4.43. The van der Waals surface area contributed by atoms with Crippen molar-refractivity contribution in [2.24, 2.45) is 11.7 Å². The number of hydrogen-bond acceptors (Lipinski definition) is 2. The zero-order chi connectivity index (χ0) is 12.1. The van der Waals surface area contributed by atoms with Crippen LogP contribution in [-0.2, 0) is 4.79 Å². The molecule has 0 aliphatic heterocycles. The molecule has 0 aliphatic carbocycles. The number of aryl methyl sites for hydroxylation is 1. The normalized spacial score (nSPS) is 12.2. The molecule has 1 unspecified atom stereocenters. The fourth-order valence-electron chi connectivity index (χ4n) is 1.38. The SMILES string of the molecule is Cc1cccc(F)c1NC(=O)CC(C)CN. The maximum absolute atomic E-state index is 13.4. The van der Waals surface area contributed by atoms with Crippen molar-refractivity contribution < 1.29 is 9.18 Å². The highest BCUT2D eigenvalue weighted by Crippen LogP contribution is 2.19. The molecule has 1 atom stereocenters. The molecule has 88 valence electrons. The number of para-hydroxylation sites is 1. The van der Waals surface area contributed by atoms with Gasteiger partial charge in [0.05, 0.1) is 5.69 Å². The maximum Gasteiger partial charge on any atom is 0.224 e. The third-order valence-electron chi connectivity index (χ3n) is 2.42. The summed E-state index contributed by atoms with van der Waals surface area (Å²) in [5.74, 6) is -0.507. The molecule has 4 heteroatoms. The number of rotatable bonds is 4. The zero-order valence-electron chi connectivity index (χ0n) is 9.59. The second-order valence-corrected chi connectivity index (χ2v) is 4.02. The lowest BCUT2D eigenvalue weighted by Gasteiger charge is -2.11. The van der Waals surface area contributed by atoms with E-state index >= 15 is 0 Å². The van der Waals surface area contributed by atoms with E-state index in [1.807, 2.05) is 6.92 Å². The van der Waals surface area contributed by atoms with Gasteiger partial charge in [0, 0.05) is 6.42 Å². The molecule has 0 spiro atoms. The minimum absolute atomic E-state index is 0.104. The van der Waals surface area contributed by atoms with Crippen LogP contribution in [0.1, 0.15) is 18.9 Å². The number of benzene rings is 1. The molecular weight excluding hydrogens is 207 g/mol. The van der Waals surface area contributed by atoms with Gasteiger partial charge in [0.1, 0.15) is 5.82 Å². The summed E-state index contributed by atoms with van der Waals surface area (Å²) >= 11 is 0. The fourth-order valence-corrected chi connectivity index (χ4v) is 1.38. The van der Waals surface area contributed by atoms with Crippen molar-refractivity contribution in [1.82, 2.24) is 0 Å². The molecule has 0 heterocycles. The molecule has 0 saturated heterocycles. The molecule has 0 radical (unpaired) electrons. The van der Waals surface area contributed by atoms with Crippen molar-refractivity contribution in [3.63, 3.8) is 0 Å². The van der Waals surface area contributed by atoms with E-state index in [9.17, 15) is 9.18 Å². The summed E-state index contributed by atoms with van der Waals surface area (Å²) in [7, 11) is 0. The molecule has 0 aliphatic rings. The van der Waals surface area contributed by atoms with Crippen LogP contribution in [0.2, 0.25) is 0 Å². The van der Waals surface area contributed by atoms with E-state index in [2.05, 4.69) is 5.32 Å². The zero-order valence-corrected chi connectivity index (χ0v) is 9.59. The van der Waals surface area contributed by atoms with Crippen LogP contribution in [-0.4, -0.2) is 12.5 Å². The Balaban J connectivity index is 2.70. The van der Waals surface area contributed by atoms with Crippen LogP contribution in [0.4, 0.5) is 10.1 Å². The Morgan fingerprint density at radius 2 is 2.25 bits per heavy atom. The molecule has 16 heavy (non-hydrogen) atoms. The standard InChI is InChI=1S/C12H17FN2O/c1-8(7-14)6-11(16)15-12-9(2)4-3-5-10(12)13/h3-5,8H,6-7,14H2,1-2H3,(H,15,16). The maximum atomic E-state index is 13.4. The topological polar surface area (TPSA) is 55.1 Å². The van der Waals surface area contributed by atoms with Gasteiger partial charge in [0.25, 0.3) is 0 Å². The summed E-state index contributed by atoms with van der Waals surface area (Å²) in [5.41, 5.74) is 6.40. The minimum Gasteiger partial charge on any atom is -0.330 e. The average molecular weight is 224 g/mol. The van der Waals surface area contributed by atoms with Crippen LogP contribution >= 0.6 is 0 Å². The summed E-state index contributed by atoms with van der Waals surface area (Å²) < 4.78 is 13.4. The van der Waals surface area contributed by atoms with Crippen LogP contribution in [0.15, 0.2) is 18.2 Å². The molecule has 3 nitrogen and oxygen atoms in total. The largest absolute Gasteiger partial charge is 0.330 e. The molecule has 0 fully saturated rings. The van der Waals surface area contributed by atoms with Gasteiger partial charge in [-0.25, -0.2) is 4.39 Å². The quantitative estimate of drug-likeness (QED) is 0.822. The van der Waals surface area contributed by atoms with Gasteiger partial charge in [0.15, 0.2) is 0 Å². The van der Waals surface area contributed by atoms with Crippen molar-refractivity contribution in [2.75, 3.05) is 11.9 Å². The molecule has 0 saturated carbocycles. The van der Waals surface area contributed by atoms with E-state index < -0.39 is 5.82 Å². The number of nitrogens with two attached hydrogens (primary N) is 1. The molecule has 1 aromatic rings. The molecule has 0 bridgehead atoms.